The van der Waals surface area contributed by atoms with Crippen LogP contribution in [0.15, 0.2) is 25.0 Å². The quantitative estimate of drug-likeness (QED) is 0.158. The van der Waals surface area contributed by atoms with Crippen LogP contribution in [0.25, 0.3) is 0 Å². The van der Waals surface area contributed by atoms with E-state index in [4.69, 9.17) is 5.11 Å². The number of carboxylic acid groups (broad SMARTS) is 1. The first-order valence-corrected chi connectivity index (χ1v) is 9.36. The minimum absolute atomic E-state index is 0.314. The van der Waals surface area contributed by atoms with Gasteiger partial charge in [-0.25, -0.2) is 4.79 Å². The number of esters is 1. The summed E-state index contributed by atoms with van der Waals surface area (Å²) >= 11 is 0. The number of carboxylic acids is 1. The van der Waals surface area contributed by atoms with Crippen LogP contribution in [0.5, 0.6) is 0 Å². The van der Waals surface area contributed by atoms with Gasteiger partial charge in [0.25, 0.3) is 0 Å². The summed E-state index contributed by atoms with van der Waals surface area (Å²) in [5.41, 5.74) is 0. The summed E-state index contributed by atoms with van der Waals surface area (Å²) in [6.45, 7) is 3.33. The van der Waals surface area contributed by atoms with Crippen molar-refractivity contribution in [2.75, 3.05) is 0 Å². The van der Waals surface area contributed by atoms with Gasteiger partial charge in [-0.1, -0.05) is 76.9 Å². The van der Waals surface area contributed by atoms with Crippen molar-refractivity contribution in [3.8, 4) is 0 Å². The zero-order valence-corrected chi connectivity index (χ0v) is 15.0. The van der Waals surface area contributed by atoms with E-state index >= 15 is 0 Å². The van der Waals surface area contributed by atoms with E-state index in [2.05, 4.69) is 11.3 Å². The van der Waals surface area contributed by atoms with E-state index in [0.29, 0.717) is 6.42 Å². The Kier molecular flexibility index (Phi) is 16.6. The van der Waals surface area contributed by atoms with Crippen LogP contribution < -0.4 is 0 Å². The lowest BCUT2D eigenvalue weighted by atomic mass is 10.0. The van der Waals surface area contributed by atoms with Crippen molar-refractivity contribution in [1.29, 1.82) is 0 Å². The molecule has 1 N–H and O–H groups in total. The summed E-state index contributed by atoms with van der Waals surface area (Å²) in [7, 11) is 0. The van der Waals surface area contributed by atoms with Gasteiger partial charge in [0.15, 0.2) is 0 Å². The zero-order chi connectivity index (χ0) is 17.9. The molecule has 0 saturated carbocycles. The highest BCUT2D eigenvalue weighted by Crippen LogP contribution is 2.13. The van der Waals surface area contributed by atoms with E-state index in [0.717, 1.165) is 31.9 Å². The zero-order valence-electron chi connectivity index (χ0n) is 15.0. The van der Waals surface area contributed by atoms with Gasteiger partial charge in [0.2, 0.25) is 0 Å². The highest BCUT2D eigenvalue weighted by Gasteiger charge is 1.97. The Morgan fingerprint density at radius 2 is 1.25 bits per heavy atom. The van der Waals surface area contributed by atoms with Crippen LogP contribution in [0.2, 0.25) is 0 Å². The van der Waals surface area contributed by atoms with Gasteiger partial charge in [-0.15, -0.1) is 0 Å². The van der Waals surface area contributed by atoms with Crippen LogP contribution >= 0.6 is 0 Å². The number of hydrogen-bond donors (Lipinski definition) is 1. The van der Waals surface area contributed by atoms with Crippen molar-refractivity contribution in [3.05, 3.63) is 25.0 Å². The molecular formula is C20H34O4. The lowest BCUT2D eigenvalue weighted by Gasteiger charge is -2.02. The molecule has 0 aromatic rings. The molecule has 4 heteroatoms. The molecule has 0 heterocycles. The third-order valence-corrected chi connectivity index (χ3v) is 3.96. The Bertz CT molecular complexity index is 361. The smallest absolute Gasteiger partial charge is 0.335 e. The Morgan fingerprint density at radius 3 is 1.71 bits per heavy atom. The van der Waals surface area contributed by atoms with Crippen LogP contribution in [-0.2, 0) is 14.3 Å². The summed E-state index contributed by atoms with van der Waals surface area (Å²) < 4.78 is 4.59. The highest BCUT2D eigenvalue weighted by molar-refractivity contribution is 5.82. The van der Waals surface area contributed by atoms with E-state index < -0.39 is 5.97 Å². The number of hydrogen-bond acceptors (Lipinski definition) is 3. The Hall–Kier alpha value is -1.58. The molecule has 0 aliphatic rings. The number of carbonyl (C=O) groups is 2. The molecule has 0 spiro atoms. The third kappa shape index (κ3) is 18.5. The maximum absolute atomic E-state index is 11.0. The first-order chi connectivity index (χ1) is 11.7. The molecule has 0 aromatic heterocycles. The molecule has 0 rings (SSSR count). The second-order valence-electron chi connectivity index (χ2n) is 6.18. The van der Waals surface area contributed by atoms with E-state index in [1.807, 2.05) is 6.08 Å². The first kappa shape index (κ1) is 22.4. The largest absolute Gasteiger partial charge is 0.481 e. The number of carbonyl (C=O) groups excluding carboxylic acids is 1. The summed E-state index contributed by atoms with van der Waals surface area (Å²) in [6.07, 6.45) is 20.1. The molecule has 0 aliphatic carbocycles. The molecule has 0 fully saturated rings. The Balaban J connectivity index is 3.14. The van der Waals surface area contributed by atoms with Gasteiger partial charge in [-0.05, 0) is 19.3 Å². The van der Waals surface area contributed by atoms with Gasteiger partial charge < -0.3 is 9.84 Å². The number of rotatable bonds is 17. The monoisotopic (exact) mass is 338 g/mol. The topological polar surface area (TPSA) is 63.6 Å². The van der Waals surface area contributed by atoms with Gasteiger partial charge >= 0.3 is 11.9 Å². The van der Waals surface area contributed by atoms with Gasteiger partial charge in [-0.3, -0.25) is 4.79 Å². The number of unbranched alkanes of at least 4 members (excludes halogenated alkanes) is 12. The van der Waals surface area contributed by atoms with Crippen LogP contribution in [-0.4, -0.2) is 17.0 Å². The van der Waals surface area contributed by atoms with Gasteiger partial charge in [-0.2, -0.15) is 0 Å². The first-order valence-electron chi connectivity index (χ1n) is 9.36. The Labute approximate surface area is 147 Å². The molecule has 138 valence electrons. The van der Waals surface area contributed by atoms with Crippen molar-refractivity contribution >= 4 is 11.9 Å². The summed E-state index contributed by atoms with van der Waals surface area (Å²) in [6, 6.07) is 0. The summed E-state index contributed by atoms with van der Waals surface area (Å²) in [5, 5.41) is 8.53. The van der Waals surface area contributed by atoms with E-state index in [1.165, 1.54) is 63.9 Å². The average molecular weight is 338 g/mol. The third-order valence-electron chi connectivity index (χ3n) is 3.96. The van der Waals surface area contributed by atoms with Crippen LogP contribution in [0, 0.1) is 0 Å². The summed E-state index contributed by atoms with van der Waals surface area (Å²) in [5.74, 6) is -1.03. The minimum Gasteiger partial charge on any atom is -0.481 e. The minimum atomic E-state index is -0.679. The predicted octanol–water partition coefficient (Wildman–Crippen LogP) is 5.78. The Morgan fingerprint density at radius 1 is 0.792 bits per heavy atom. The van der Waals surface area contributed by atoms with E-state index in [-0.39, 0.29) is 5.97 Å². The molecule has 0 aromatic carbocycles. The van der Waals surface area contributed by atoms with Crippen molar-refractivity contribution in [1.82, 2.24) is 0 Å². The lowest BCUT2D eigenvalue weighted by molar-refractivity contribution is -0.137. The average Bonchev–Trinajstić information content (AvgIpc) is 2.54. The van der Waals surface area contributed by atoms with E-state index in [1.54, 1.807) is 0 Å². The molecule has 0 amide bonds. The molecule has 0 unspecified atom stereocenters. The van der Waals surface area contributed by atoms with Crippen molar-refractivity contribution < 1.29 is 19.4 Å². The van der Waals surface area contributed by atoms with Crippen molar-refractivity contribution in [2.24, 2.45) is 0 Å². The maximum Gasteiger partial charge on any atom is 0.335 e. The number of allylic oxidation sites excluding steroid dienone is 1. The fourth-order valence-electron chi connectivity index (χ4n) is 2.61. The summed E-state index contributed by atoms with van der Waals surface area (Å²) in [4.78, 5) is 21.4. The molecule has 0 bridgehead atoms. The molecular weight excluding hydrogens is 304 g/mol. The van der Waals surface area contributed by atoms with E-state index in [9.17, 15) is 9.59 Å². The number of aliphatic carboxylic acids is 1. The molecule has 0 aliphatic heterocycles. The van der Waals surface area contributed by atoms with Gasteiger partial charge in [0.1, 0.15) is 0 Å². The van der Waals surface area contributed by atoms with Crippen LogP contribution in [0.3, 0.4) is 0 Å². The van der Waals surface area contributed by atoms with Gasteiger partial charge in [0, 0.05) is 12.5 Å². The normalized spacial score (nSPS) is 10.8. The lowest BCUT2D eigenvalue weighted by Crippen LogP contribution is -1.93. The SMILES string of the molecule is C=COC(=O)C=CCCCCCCCCCCCCCCC(=O)O. The molecule has 0 radical (unpaired) electrons. The second kappa shape index (κ2) is 17.8. The molecule has 24 heavy (non-hydrogen) atoms. The van der Waals surface area contributed by atoms with Crippen molar-refractivity contribution in [2.45, 2.75) is 89.9 Å². The highest BCUT2D eigenvalue weighted by atomic mass is 16.5. The maximum atomic E-state index is 11.0. The fraction of sp³-hybridized carbons (Fsp3) is 0.700. The fourth-order valence-corrected chi connectivity index (χ4v) is 2.61. The second-order valence-corrected chi connectivity index (χ2v) is 6.18. The van der Waals surface area contributed by atoms with Crippen LogP contribution in [0.1, 0.15) is 89.9 Å². The van der Waals surface area contributed by atoms with Crippen molar-refractivity contribution in [3.63, 3.8) is 0 Å². The molecule has 4 nitrogen and oxygen atoms in total. The van der Waals surface area contributed by atoms with Gasteiger partial charge in [0.05, 0.1) is 6.26 Å². The standard InChI is InChI=1S/C20H34O4/c1-2-24-20(23)18-16-14-12-10-8-6-4-3-5-7-9-11-13-15-17-19(21)22/h2,16,18H,1,3-15,17H2,(H,21,22). The van der Waals surface area contributed by atoms with Crippen LogP contribution in [0.4, 0.5) is 0 Å². The molecule has 0 saturated heterocycles. The predicted molar refractivity (Wildman–Crippen MR) is 97.7 cm³/mol. The number of ether oxygens (including phenoxy) is 1. The molecule has 0 atom stereocenters.